The van der Waals surface area contributed by atoms with Crippen LogP contribution in [0.1, 0.15) is 23.6 Å². The normalized spacial score (nSPS) is 11.8. The van der Waals surface area contributed by atoms with Gasteiger partial charge in [0.25, 0.3) is 0 Å². The Morgan fingerprint density at radius 2 is 2.04 bits per heavy atom. The number of aryl methyl sites for hydroxylation is 1. The summed E-state index contributed by atoms with van der Waals surface area (Å²) >= 11 is 5.88. The maximum atomic E-state index is 12.5. The fourth-order valence-corrected chi connectivity index (χ4v) is 2.49. The lowest BCUT2D eigenvalue weighted by molar-refractivity contribution is -0.130. The van der Waals surface area contributed by atoms with Crippen molar-refractivity contribution >= 4 is 23.5 Å². The highest BCUT2D eigenvalue weighted by Gasteiger charge is 2.20. The second-order valence-corrected chi connectivity index (χ2v) is 6.03. The number of carbonyl (C=O) groups excluding carboxylic acids is 2. The first-order chi connectivity index (χ1) is 11.3. The highest BCUT2D eigenvalue weighted by atomic mass is 35.5. The van der Waals surface area contributed by atoms with Crippen LogP contribution < -0.4 is 11.1 Å². The molecule has 0 aliphatic carbocycles. The summed E-state index contributed by atoms with van der Waals surface area (Å²) < 4.78 is 1.68. The number of primary amides is 1. The number of hydrogen-bond donors (Lipinski definition) is 2. The van der Waals surface area contributed by atoms with E-state index in [0.29, 0.717) is 11.6 Å². The summed E-state index contributed by atoms with van der Waals surface area (Å²) in [6, 6.07) is 5.74. The van der Waals surface area contributed by atoms with E-state index >= 15 is 0 Å². The molecular formula is C16H20ClN5O2. The number of aromatic nitrogens is 2. The molecule has 0 aliphatic rings. The van der Waals surface area contributed by atoms with Crippen LogP contribution in [0.5, 0.6) is 0 Å². The average molecular weight is 350 g/mol. The number of nitrogens with one attached hydrogen (secondary N) is 1. The van der Waals surface area contributed by atoms with E-state index in [2.05, 4.69) is 10.4 Å². The fraction of sp³-hybridized carbons (Fsp3) is 0.312. The molecular weight excluding hydrogens is 330 g/mol. The third-order valence-electron chi connectivity index (χ3n) is 3.57. The van der Waals surface area contributed by atoms with Crippen LogP contribution in [-0.4, -0.2) is 33.7 Å². The zero-order valence-corrected chi connectivity index (χ0v) is 14.3. The van der Waals surface area contributed by atoms with Crippen molar-refractivity contribution in [2.75, 3.05) is 7.05 Å². The lowest BCUT2D eigenvalue weighted by atomic mass is 10.0. The van der Waals surface area contributed by atoms with Gasteiger partial charge in [0.05, 0.1) is 18.7 Å². The summed E-state index contributed by atoms with van der Waals surface area (Å²) in [4.78, 5) is 25.3. The molecule has 8 heteroatoms. The molecule has 3 amide bonds. The van der Waals surface area contributed by atoms with Crippen LogP contribution in [0.2, 0.25) is 5.02 Å². The van der Waals surface area contributed by atoms with Gasteiger partial charge in [-0.25, -0.2) is 4.79 Å². The predicted molar refractivity (Wildman–Crippen MR) is 91.2 cm³/mol. The summed E-state index contributed by atoms with van der Waals surface area (Å²) in [6.45, 7) is 0.441. The molecule has 0 aliphatic heterocycles. The first-order valence-corrected chi connectivity index (χ1v) is 7.76. The molecule has 1 heterocycles. The van der Waals surface area contributed by atoms with Gasteiger partial charge in [0, 0.05) is 37.4 Å². The van der Waals surface area contributed by atoms with Gasteiger partial charge in [-0.1, -0.05) is 23.7 Å². The van der Waals surface area contributed by atoms with E-state index in [4.69, 9.17) is 17.3 Å². The summed E-state index contributed by atoms with van der Waals surface area (Å²) in [5.41, 5.74) is 6.92. The van der Waals surface area contributed by atoms with Crippen LogP contribution >= 0.6 is 11.6 Å². The number of hydrogen-bond acceptors (Lipinski definition) is 3. The SMILES string of the molecule is CN(Cc1cnn(C)c1)C(=O)C[C@H](NC(N)=O)c1ccc(Cl)cc1. The van der Waals surface area contributed by atoms with Crippen molar-refractivity contribution < 1.29 is 9.59 Å². The molecule has 24 heavy (non-hydrogen) atoms. The molecule has 7 nitrogen and oxygen atoms in total. The number of rotatable bonds is 6. The van der Waals surface area contributed by atoms with Gasteiger partial charge in [-0.15, -0.1) is 0 Å². The van der Waals surface area contributed by atoms with E-state index in [1.807, 2.05) is 13.2 Å². The third-order valence-corrected chi connectivity index (χ3v) is 3.82. The van der Waals surface area contributed by atoms with Crippen molar-refractivity contribution in [2.24, 2.45) is 12.8 Å². The Bertz CT molecular complexity index is 714. The van der Waals surface area contributed by atoms with Gasteiger partial charge in [0.1, 0.15) is 0 Å². The summed E-state index contributed by atoms with van der Waals surface area (Å²) in [6.07, 6.45) is 3.66. The van der Waals surface area contributed by atoms with Crippen molar-refractivity contribution in [3.05, 3.63) is 52.8 Å². The average Bonchev–Trinajstić information content (AvgIpc) is 2.92. The van der Waals surface area contributed by atoms with Gasteiger partial charge >= 0.3 is 6.03 Å². The van der Waals surface area contributed by atoms with Gasteiger partial charge in [-0.2, -0.15) is 5.10 Å². The minimum Gasteiger partial charge on any atom is -0.352 e. The first-order valence-electron chi connectivity index (χ1n) is 7.38. The molecule has 0 saturated heterocycles. The predicted octanol–water partition coefficient (Wildman–Crippen LogP) is 1.83. The second kappa shape index (κ2) is 7.83. The second-order valence-electron chi connectivity index (χ2n) is 5.59. The van der Waals surface area contributed by atoms with Gasteiger partial charge < -0.3 is 16.0 Å². The highest BCUT2D eigenvalue weighted by molar-refractivity contribution is 6.30. The topological polar surface area (TPSA) is 93.2 Å². The van der Waals surface area contributed by atoms with Gasteiger partial charge in [-0.05, 0) is 17.7 Å². The number of benzene rings is 1. The van der Waals surface area contributed by atoms with E-state index in [9.17, 15) is 9.59 Å². The molecule has 0 bridgehead atoms. The van der Waals surface area contributed by atoms with E-state index in [0.717, 1.165) is 11.1 Å². The lowest BCUT2D eigenvalue weighted by Gasteiger charge is -2.22. The number of carbonyl (C=O) groups is 2. The fourth-order valence-electron chi connectivity index (χ4n) is 2.37. The molecule has 128 valence electrons. The molecule has 1 atom stereocenters. The van der Waals surface area contributed by atoms with Crippen LogP contribution in [-0.2, 0) is 18.4 Å². The van der Waals surface area contributed by atoms with Crippen LogP contribution in [0.25, 0.3) is 0 Å². The minimum atomic E-state index is -0.683. The monoisotopic (exact) mass is 349 g/mol. The highest BCUT2D eigenvalue weighted by Crippen LogP contribution is 2.20. The van der Waals surface area contributed by atoms with Crippen LogP contribution in [0.4, 0.5) is 4.79 Å². The Hall–Kier alpha value is -2.54. The van der Waals surface area contributed by atoms with Gasteiger partial charge in [0.2, 0.25) is 5.91 Å². The van der Waals surface area contributed by atoms with Crippen molar-refractivity contribution in [3.63, 3.8) is 0 Å². The maximum absolute atomic E-state index is 12.5. The molecule has 0 radical (unpaired) electrons. The quantitative estimate of drug-likeness (QED) is 0.833. The van der Waals surface area contributed by atoms with E-state index < -0.39 is 12.1 Å². The van der Waals surface area contributed by atoms with Crippen LogP contribution in [0, 0.1) is 0 Å². The zero-order chi connectivity index (χ0) is 17.7. The molecule has 0 spiro atoms. The Balaban J connectivity index is 2.05. The van der Waals surface area contributed by atoms with Crippen molar-refractivity contribution in [3.8, 4) is 0 Å². The van der Waals surface area contributed by atoms with Crippen LogP contribution in [0.15, 0.2) is 36.7 Å². The van der Waals surface area contributed by atoms with Crippen molar-refractivity contribution in [1.82, 2.24) is 20.0 Å². The number of nitrogens with zero attached hydrogens (tertiary/aromatic N) is 3. The minimum absolute atomic E-state index is 0.0985. The number of nitrogens with two attached hydrogens (primary N) is 1. The molecule has 0 unspecified atom stereocenters. The summed E-state index contributed by atoms with van der Waals surface area (Å²) in [5.74, 6) is -0.118. The van der Waals surface area contributed by atoms with Crippen molar-refractivity contribution in [1.29, 1.82) is 0 Å². The van der Waals surface area contributed by atoms with Gasteiger partial charge in [0.15, 0.2) is 0 Å². The number of amides is 3. The van der Waals surface area contributed by atoms with E-state index in [-0.39, 0.29) is 12.3 Å². The standard InChI is InChI=1S/C16H20ClN5O2/c1-21(9-11-8-19-22(2)10-11)15(23)7-14(20-16(18)24)12-3-5-13(17)6-4-12/h3-6,8,10,14H,7,9H2,1-2H3,(H3,18,20,24)/t14-/m0/s1. The number of urea groups is 1. The first kappa shape index (κ1) is 17.8. The Kier molecular flexibility index (Phi) is 5.81. The lowest BCUT2D eigenvalue weighted by Crippen LogP contribution is -2.37. The van der Waals surface area contributed by atoms with Crippen LogP contribution in [0.3, 0.4) is 0 Å². The molecule has 2 rings (SSSR count). The van der Waals surface area contributed by atoms with E-state index in [1.165, 1.54) is 0 Å². The molecule has 3 N–H and O–H groups in total. The Labute approximate surface area is 145 Å². The summed E-state index contributed by atoms with van der Waals surface area (Å²) in [7, 11) is 3.52. The van der Waals surface area contributed by atoms with Crippen molar-refractivity contribution in [2.45, 2.75) is 19.0 Å². The smallest absolute Gasteiger partial charge is 0.312 e. The number of halogens is 1. The third kappa shape index (κ3) is 4.99. The molecule has 2 aromatic rings. The largest absolute Gasteiger partial charge is 0.352 e. The Morgan fingerprint density at radius 1 is 1.38 bits per heavy atom. The van der Waals surface area contributed by atoms with Gasteiger partial charge in [-0.3, -0.25) is 9.48 Å². The molecule has 1 aromatic carbocycles. The van der Waals surface area contributed by atoms with E-state index in [1.54, 1.807) is 47.1 Å². The molecule has 0 fully saturated rings. The molecule has 1 aromatic heterocycles. The Morgan fingerprint density at radius 3 is 2.58 bits per heavy atom. The molecule has 0 saturated carbocycles. The zero-order valence-electron chi connectivity index (χ0n) is 13.6. The summed E-state index contributed by atoms with van der Waals surface area (Å²) in [5, 5.41) is 7.26. The maximum Gasteiger partial charge on any atom is 0.312 e.